The number of aryl methyl sites for hydroxylation is 2. The minimum Gasteiger partial charge on any atom is -0.466 e. The van der Waals surface area contributed by atoms with Gasteiger partial charge in [-0.25, -0.2) is 9.97 Å². The first-order valence-electron chi connectivity index (χ1n) is 25.9. The van der Waals surface area contributed by atoms with Crippen molar-refractivity contribution in [2.75, 3.05) is 26.2 Å². The zero-order valence-electron chi connectivity index (χ0n) is 40.1. The summed E-state index contributed by atoms with van der Waals surface area (Å²) in [5.74, 6) is 0.575. The van der Waals surface area contributed by atoms with E-state index in [1.807, 2.05) is 4.57 Å². The summed E-state index contributed by atoms with van der Waals surface area (Å²) in [6.45, 7) is 13.0. The lowest BCUT2D eigenvalue weighted by Gasteiger charge is -2.22. The first-order valence-corrected chi connectivity index (χ1v) is 25.9. The molecule has 0 atom stereocenters. The van der Waals surface area contributed by atoms with E-state index in [4.69, 9.17) is 9.47 Å². The van der Waals surface area contributed by atoms with Crippen molar-refractivity contribution in [3.63, 3.8) is 0 Å². The van der Waals surface area contributed by atoms with Gasteiger partial charge in [0.15, 0.2) is 11.2 Å². The molecule has 0 aliphatic heterocycles. The van der Waals surface area contributed by atoms with Crippen LogP contribution < -0.4 is 5.56 Å². The number of aromatic nitrogens is 4. The molecule has 0 saturated heterocycles. The molecule has 1 N–H and O–H groups in total. The molecule has 61 heavy (non-hydrogen) atoms. The highest BCUT2D eigenvalue weighted by Gasteiger charge is 2.15. The number of carbonyl (C=O) groups is 2. The molecule has 10 heteroatoms. The van der Waals surface area contributed by atoms with E-state index in [0.717, 1.165) is 122 Å². The topological polar surface area (TPSA) is 119 Å². The Morgan fingerprint density at radius 3 is 1.62 bits per heavy atom. The Morgan fingerprint density at radius 2 is 1.07 bits per heavy atom. The monoisotopic (exact) mass is 856 g/mol. The first-order chi connectivity index (χ1) is 29.9. The predicted octanol–water partition coefficient (Wildman–Crippen LogP) is 13.5. The standard InChI is InChI=1S/C51H93N5O5/c1-5-8-11-14-17-26-33-43-60-47(57)37-29-22-18-24-31-39-55(41-34-42-56-44-52-49-50(56)53-45(4)54-51(49)59)40-32-25-19-23-30-38-48(58)61-46(35-27-20-15-12-9-6-2)36-28-21-16-13-10-7-3/h44,46H,5-43H2,1-4H3,(H,53,54,59). The van der Waals surface area contributed by atoms with Crippen LogP contribution in [0.1, 0.15) is 245 Å². The third-order valence-electron chi connectivity index (χ3n) is 12.2. The number of unbranched alkanes of at least 4 members (excludes halogenated alkanes) is 24. The van der Waals surface area contributed by atoms with E-state index in [1.165, 1.54) is 109 Å². The van der Waals surface area contributed by atoms with Crippen molar-refractivity contribution in [3.05, 3.63) is 22.5 Å². The number of hydrogen-bond donors (Lipinski definition) is 1. The molecule has 352 valence electrons. The van der Waals surface area contributed by atoms with Gasteiger partial charge in [-0.15, -0.1) is 0 Å². The molecule has 2 aromatic heterocycles. The van der Waals surface area contributed by atoms with Gasteiger partial charge >= 0.3 is 11.9 Å². The molecule has 2 rings (SSSR count). The number of rotatable bonds is 43. The summed E-state index contributed by atoms with van der Waals surface area (Å²) >= 11 is 0. The van der Waals surface area contributed by atoms with E-state index in [9.17, 15) is 14.4 Å². The second-order valence-electron chi connectivity index (χ2n) is 18.1. The van der Waals surface area contributed by atoms with Crippen LogP contribution in [0.3, 0.4) is 0 Å². The van der Waals surface area contributed by atoms with Gasteiger partial charge in [0.1, 0.15) is 11.9 Å². The SMILES string of the molecule is CCCCCCCCCOC(=O)CCCCCCCN(CCCCCCCC(=O)OC(CCCCCCCC)CCCCCCCC)CCCn1cnc2c(=O)[nH]c(C)nc21. The van der Waals surface area contributed by atoms with Crippen molar-refractivity contribution >= 4 is 23.1 Å². The van der Waals surface area contributed by atoms with Crippen molar-refractivity contribution < 1.29 is 19.1 Å². The highest BCUT2D eigenvalue weighted by atomic mass is 16.5. The van der Waals surface area contributed by atoms with Crippen molar-refractivity contribution in [3.8, 4) is 0 Å². The van der Waals surface area contributed by atoms with Gasteiger partial charge in [-0.1, -0.05) is 162 Å². The lowest BCUT2D eigenvalue weighted by molar-refractivity contribution is -0.150. The fourth-order valence-corrected chi connectivity index (χ4v) is 8.43. The average Bonchev–Trinajstić information content (AvgIpc) is 3.65. The Kier molecular flexibility index (Phi) is 33.7. The van der Waals surface area contributed by atoms with Gasteiger partial charge in [-0.3, -0.25) is 14.4 Å². The van der Waals surface area contributed by atoms with E-state index in [0.29, 0.717) is 36.4 Å². The molecule has 0 aromatic carbocycles. The zero-order valence-corrected chi connectivity index (χ0v) is 40.1. The molecule has 0 aliphatic carbocycles. The smallest absolute Gasteiger partial charge is 0.306 e. The van der Waals surface area contributed by atoms with Crippen LogP contribution in [-0.4, -0.2) is 68.7 Å². The van der Waals surface area contributed by atoms with Crippen LogP contribution in [0.2, 0.25) is 0 Å². The van der Waals surface area contributed by atoms with Gasteiger partial charge in [0.05, 0.1) is 12.9 Å². The molecule has 0 bridgehead atoms. The Bertz CT molecular complexity index is 1390. The van der Waals surface area contributed by atoms with Gasteiger partial charge in [0.2, 0.25) is 0 Å². The van der Waals surface area contributed by atoms with Gasteiger partial charge < -0.3 is 23.9 Å². The molecule has 2 aromatic rings. The molecule has 2 heterocycles. The molecule has 0 amide bonds. The van der Waals surface area contributed by atoms with Crippen LogP contribution >= 0.6 is 0 Å². The van der Waals surface area contributed by atoms with Crippen LogP contribution in [0, 0.1) is 6.92 Å². The summed E-state index contributed by atoms with van der Waals surface area (Å²) in [4.78, 5) is 51.6. The number of fused-ring (bicyclic) bond motifs is 1. The van der Waals surface area contributed by atoms with Crippen molar-refractivity contribution in [1.82, 2.24) is 24.4 Å². The Labute approximate surface area is 372 Å². The maximum absolute atomic E-state index is 12.9. The lowest BCUT2D eigenvalue weighted by atomic mass is 10.0. The highest BCUT2D eigenvalue weighted by Crippen LogP contribution is 2.19. The van der Waals surface area contributed by atoms with Gasteiger partial charge in [0, 0.05) is 19.4 Å². The van der Waals surface area contributed by atoms with Crippen LogP contribution in [0.4, 0.5) is 0 Å². The summed E-state index contributed by atoms with van der Waals surface area (Å²) in [5.41, 5.74) is 0.874. The lowest BCUT2D eigenvalue weighted by Crippen LogP contribution is -2.28. The number of esters is 2. The third-order valence-corrected chi connectivity index (χ3v) is 12.2. The number of ether oxygens (including phenoxy) is 2. The molecule has 0 fully saturated rings. The summed E-state index contributed by atoms with van der Waals surface area (Å²) in [6.07, 6.45) is 40.7. The van der Waals surface area contributed by atoms with E-state index in [2.05, 4.69) is 40.6 Å². The quantitative estimate of drug-likeness (QED) is 0.0517. The highest BCUT2D eigenvalue weighted by molar-refractivity contribution is 5.70. The predicted molar refractivity (Wildman–Crippen MR) is 254 cm³/mol. The number of aromatic amines is 1. The molecule has 0 saturated carbocycles. The number of hydrogen-bond acceptors (Lipinski definition) is 8. The second-order valence-corrected chi connectivity index (χ2v) is 18.1. The number of H-pyrrole nitrogens is 1. The minimum atomic E-state index is -0.184. The molecule has 0 spiro atoms. The van der Waals surface area contributed by atoms with Crippen LogP contribution in [-0.2, 0) is 25.6 Å². The van der Waals surface area contributed by atoms with Crippen molar-refractivity contribution in [2.45, 2.75) is 259 Å². The Morgan fingerprint density at radius 1 is 0.607 bits per heavy atom. The fraction of sp³-hybridized carbons (Fsp3) is 0.863. The number of nitrogens with zero attached hydrogens (tertiary/aromatic N) is 4. The van der Waals surface area contributed by atoms with E-state index >= 15 is 0 Å². The minimum absolute atomic E-state index is 0.00696. The van der Waals surface area contributed by atoms with Gasteiger partial charge in [-0.2, -0.15) is 0 Å². The van der Waals surface area contributed by atoms with Gasteiger partial charge in [0.25, 0.3) is 5.56 Å². The van der Waals surface area contributed by atoms with E-state index in [1.54, 1.807) is 13.3 Å². The largest absolute Gasteiger partial charge is 0.466 e. The van der Waals surface area contributed by atoms with Crippen molar-refractivity contribution in [2.24, 2.45) is 0 Å². The third kappa shape index (κ3) is 28.5. The molecule has 0 aliphatic rings. The summed E-state index contributed by atoms with van der Waals surface area (Å²) < 4.78 is 13.6. The average molecular weight is 856 g/mol. The van der Waals surface area contributed by atoms with E-state index in [-0.39, 0.29) is 23.6 Å². The molecule has 10 nitrogen and oxygen atoms in total. The second kappa shape index (κ2) is 37.8. The van der Waals surface area contributed by atoms with Crippen LogP contribution in [0.15, 0.2) is 11.1 Å². The maximum Gasteiger partial charge on any atom is 0.306 e. The van der Waals surface area contributed by atoms with Crippen LogP contribution in [0.25, 0.3) is 11.2 Å². The molecular formula is C51H93N5O5. The summed E-state index contributed by atoms with van der Waals surface area (Å²) in [7, 11) is 0. The molecular weight excluding hydrogens is 763 g/mol. The first kappa shape index (κ1) is 54.4. The summed E-state index contributed by atoms with van der Waals surface area (Å²) in [6, 6.07) is 0. The molecule has 0 unspecified atom stereocenters. The Hall–Kier alpha value is -2.75. The Balaban J connectivity index is 1.70. The number of imidazole rings is 1. The number of carbonyl (C=O) groups excluding carboxylic acids is 2. The number of nitrogens with one attached hydrogen (secondary N) is 1. The maximum atomic E-state index is 12.9. The summed E-state index contributed by atoms with van der Waals surface area (Å²) in [5, 5.41) is 0. The van der Waals surface area contributed by atoms with E-state index < -0.39 is 0 Å². The normalized spacial score (nSPS) is 11.7. The van der Waals surface area contributed by atoms with Crippen molar-refractivity contribution in [1.29, 1.82) is 0 Å². The van der Waals surface area contributed by atoms with Crippen LogP contribution in [0.5, 0.6) is 0 Å². The molecule has 0 radical (unpaired) electrons. The zero-order chi connectivity index (χ0) is 44.0. The fourth-order valence-electron chi connectivity index (χ4n) is 8.43. The van der Waals surface area contributed by atoms with Gasteiger partial charge in [-0.05, 0) is 90.8 Å².